The van der Waals surface area contributed by atoms with Crippen molar-refractivity contribution in [3.63, 3.8) is 0 Å². The van der Waals surface area contributed by atoms with Gasteiger partial charge in [-0.15, -0.1) is 0 Å². The van der Waals surface area contributed by atoms with E-state index >= 15 is 0 Å². The Morgan fingerprint density at radius 2 is 1.72 bits per heavy atom. The van der Waals surface area contributed by atoms with Crippen LogP contribution < -0.4 is 9.64 Å². The summed E-state index contributed by atoms with van der Waals surface area (Å²) in [6.07, 6.45) is 0. The Morgan fingerprint density at radius 3 is 2.32 bits per heavy atom. The molecule has 0 saturated heterocycles. The summed E-state index contributed by atoms with van der Waals surface area (Å²) in [4.78, 5) is 26.2. The van der Waals surface area contributed by atoms with Gasteiger partial charge in [0.1, 0.15) is 5.75 Å². The first kappa shape index (κ1) is 17.0. The molecule has 5 nitrogen and oxygen atoms in total. The Morgan fingerprint density at radius 1 is 1.00 bits per heavy atom. The number of benzene rings is 2. The molecule has 0 fully saturated rings. The quantitative estimate of drug-likeness (QED) is 0.848. The average Bonchev–Trinajstić information content (AvgIpc) is 2.80. The number of carbonyl (C=O) groups excluding carboxylic acids is 2. The zero-order chi connectivity index (χ0) is 18.3. The second-order valence-electron chi connectivity index (χ2n) is 5.79. The van der Waals surface area contributed by atoms with E-state index in [0.29, 0.717) is 11.3 Å². The molecule has 0 spiro atoms. The van der Waals surface area contributed by atoms with Gasteiger partial charge in [0.05, 0.1) is 23.4 Å². The number of methoxy groups -OCH3 is 1. The maximum atomic E-state index is 12.8. The SMILES string of the molecule is COc1ccc(N2C(=O)C(O)=C(c3ccc(C)c(C)c3)C2=O)cc1Cl. The van der Waals surface area contributed by atoms with Crippen LogP contribution in [0.4, 0.5) is 5.69 Å². The number of carbonyl (C=O) groups is 2. The number of ether oxygens (including phenoxy) is 1. The molecule has 3 rings (SSSR count). The van der Waals surface area contributed by atoms with Gasteiger partial charge in [0.2, 0.25) is 0 Å². The van der Waals surface area contributed by atoms with Crippen LogP contribution in [0.3, 0.4) is 0 Å². The number of hydrogen-bond donors (Lipinski definition) is 1. The van der Waals surface area contributed by atoms with Gasteiger partial charge in [-0.2, -0.15) is 0 Å². The van der Waals surface area contributed by atoms with Crippen LogP contribution in [0, 0.1) is 13.8 Å². The number of amides is 2. The van der Waals surface area contributed by atoms with Crippen LogP contribution in [0.1, 0.15) is 16.7 Å². The molecule has 1 heterocycles. The normalized spacial score (nSPS) is 14.5. The van der Waals surface area contributed by atoms with Crippen molar-refractivity contribution in [1.82, 2.24) is 0 Å². The monoisotopic (exact) mass is 357 g/mol. The van der Waals surface area contributed by atoms with E-state index in [9.17, 15) is 14.7 Å². The van der Waals surface area contributed by atoms with Crippen molar-refractivity contribution in [1.29, 1.82) is 0 Å². The van der Waals surface area contributed by atoms with Gasteiger partial charge in [0, 0.05) is 0 Å². The first-order valence-corrected chi connectivity index (χ1v) is 7.96. The van der Waals surface area contributed by atoms with E-state index in [2.05, 4.69) is 0 Å². The predicted molar refractivity (Wildman–Crippen MR) is 96.0 cm³/mol. The highest BCUT2D eigenvalue weighted by atomic mass is 35.5. The zero-order valence-corrected chi connectivity index (χ0v) is 14.7. The molecule has 1 aliphatic rings. The van der Waals surface area contributed by atoms with Crippen LogP contribution in [0.2, 0.25) is 5.02 Å². The van der Waals surface area contributed by atoms with Crippen LogP contribution >= 0.6 is 11.6 Å². The van der Waals surface area contributed by atoms with E-state index in [1.54, 1.807) is 18.2 Å². The number of anilines is 1. The fourth-order valence-electron chi connectivity index (χ4n) is 2.70. The third-order valence-electron chi connectivity index (χ3n) is 4.25. The largest absolute Gasteiger partial charge is 0.502 e. The lowest BCUT2D eigenvalue weighted by atomic mass is 10.00. The van der Waals surface area contributed by atoms with Crippen LogP contribution in [0.15, 0.2) is 42.2 Å². The molecule has 0 aromatic heterocycles. The topological polar surface area (TPSA) is 66.8 Å². The number of aliphatic hydroxyl groups is 1. The second-order valence-corrected chi connectivity index (χ2v) is 6.19. The number of halogens is 1. The molecule has 0 aliphatic carbocycles. The van der Waals surface area contributed by atoms with Crippen molar-refractivity contribution in [2.24, 2.45) is 0 Å². The Kier molecular flexibility index (Phi) is 4.27. The zero-order valence-electron chi connectivity index (χ0n) is 14.0. The summed E-state index contributed by atoms with van der Waals surface area (Å²) >= 11 is 6.08. The summed E-state index contributed by atoms with van der Waals surface area (Å²) < 4.78 is 5.07. The van der Waals surface area contributed by atoms with Gasteiger partial charge in [0.25, 0.3) is 5.91 Å². The van der Waals surface area contributed by atoms with Gasteiger partial charge in [-0.1, -0.05) is 29.8 Å². The molecule has 2 aromatic rings. The van der Waals surface area contributed by atoms with Crippen molar-refractivity contribution < 1.29 is 19.4 Å². The van der Waals surface area contributed by atoms with Crippen molar-refractivity contribution in [3.8, 4) is 5.75 Å². The minimum absolute atomic E-state index is 0.0139. The molecule has 0 bridgehead atoms. The molecular weight excluding hydrogens is 342 g/mol. The average molecular weight is 358 g/mol. The third-order valence-corrected chi connectivity index (χ3v) is 4.54. The number of imide groups is 1. The van der Waals surface area contributed by atoms with Gasteiger partial charge in [-0.25, -0.2) is 4.90 Å². The summed E-state index contributed by atoms with van der Waals surface area (Å²) in [5.41, 5.74) is 2.77. The number of rotatable bonds is 3. The van der Waals surface area contributed by atoms with E-state index in [-0.39, 0.29) is 16.3 Å². The molecule has 0 unspecified atom stereocenters. The molecular formula is C19H16ClNO4. The highest BCUT2D eigenvalue weighted by Gasteiger charge is 2.40. The van der Waals surface area contributed by atoms with Gasteiger partial charge in [-0.05, 0) is 48.7 Å². The van der Waals surface area contributed by atoms with Crippen LogP contribution in [-0.4, -0.2) is 24.0 Å². The van der Waals surface area contributed by atoms with E-state index in [4.69, 9.17) is 16.3 Å². The molecule has 2 amide bonds. The highest BCUT2D eigenvalue weighted by Crippen LogP contribution is 2.35. The molecule has 2 aromatic carbocycles. The highest BCUT2D eigenvalue weighted by molar-refractivity contribution is 6.45. The Labute approximate surface area is 150 Å². The summed E-state index contributed by atoms with van der Waals surface area (Å²) in [6, 6.07) is 9.88. The molecule has 1 N–H and O–H groups in total. The minimum atomic E-state index is -0.778. The van der Waals surface area contributed by atoms with Gasteiger partial charge in [-0.3, -0.25) is 9.59 Å². The molecule has 6 heteroatoms. The van der Waals surface area contributed by atoms with E-state index in [0.717, 1.165) is 16.0 Å². The van der Waals surface area contributed by atoms with Crippen molar-refractivity contribution in [2.45, 2.75) is 13.8 Å². The summed E-state index contributed by atoms with van der Waals surface area (Å²) in [7, 11) is 1.47. The van der Waals surface area contributed by atoms with Gasteiger partial charge < -0.3 is 9.84 Å². The smallest absolute Gasteiger partial charge is 0.301 e. The first-order chi connectivity index (χ1) is 11.8. The van der Waals surface area contributed by atoms with Crippen molar-refractivity contribution in [3.05, 3.63) is 63.9 Å². The fourth-order valence-corrected chi connectivity index (χ4v) is 2.96. The van der Waals surface area contributed by atoms with Crippen LogP contribution in [0.5, 0.6) is 5.75 Å². The number of aliphatic hydroxyl groups excluding tert-OH is 1. The number of nitrogens with zero attached hydrogens (tertiary/aromatic N) is 1. The standard InChI is InChI=1S/C19H16ClNO4/c1-10-4-5-12(8-11(10)2)16-17(22)19(24)21(18(16)23)13-6-7-15(25-3)14(20)9-13/h4-9,22H,1-3H3. The predicted octanol–water partition coefficient (Wildman–Crippen LogP) is 3.81. The van der Waals surface area contributed by atoms with E-state index in [1.165, 1.54) is 19.2 Å². The van der Waals surface area contributed by atoms with E-state index < -0.39 is 17.6 Å². The Hall–Kier alpha value is -2.79. The minimum Gasteiger partial charge on any atom is -0.502 e. The van der Waals surface area contributed by atoms with Crippen molar-refractivity contribution >= 4 is 34.7 Å². The van der Waals surface area contributed by atoms with Gasteiger partial charge >= 0.3 is 5.91 Å². The first-order valence-electron chi connectivity index (χ1n) is 7.58. The molecule has 0 radical (unpaired) electrons. The molecule has 25 heavy (non-hydrogen) atoms. The molecule has 0 saturated carbocycles. The Bertz CT molecular complexity index is 933. The third kappa shape index (κ3) is 2.76. The van der Waals surface area contributed by atoms with Crippen molar-refractivity contribution in [2.75, 3.05) is 12.0 Å². The maximum Gasteiger partial charge on any atom is 0.301 e. The molecule has 0 atom stereocenters. The van der Waals surface area contributed by atoms with E-state index in [1.807, 2.05) is 19.9 Å². The number of aryl methyl sites for hydroxylation is 2. The fraction of sp³-hybridized carbons (Fsp3) is 0.158. The van der Waals surface area contributed by atoms with Crippen LogP contribution in [0.25, 0.3) is 5.57 Å². The maximum absolute atomic E-state index is 12.8. The van der Waals surface area contributed by atoms with Gasteiger partial charge in [0.15, 0.2) is 5.76 Å². The summed E-state index contributed by atoms with van der Waals surface area (Å²) in [5.74, 6) is -1.51. The summed E-state index contributed by atoms with van der Waals surface area (Å²) in [6.45, 7) is 3.85. The Balaban J connectivity index is 2.04. The lowest BCUT2D eigenvalue weighted by Crippen LogP contribution is -2.31. The van der Waals surface area contributed by atoms with Crippen LogP contribution in [-0.2, 0) is 9.59 Å². The second kappa shape index (κ2) is 6.26. The number of hydrogen-bond acceptors (Lipinski definition) is 4. The lowest BCUT2D eigenvalue weighted by Gasteiger charge is -2.16. The molecule has 128 valence electrons. The lowest BCUT2D eigenvalue weighted by molar-refractivity contribution is -0.121. The summed E-state index contributed by atoms with van der Waals surface area (Å²) in [5, 5.41) is 10.5. The molecule has 1 aliphatic heterocycles.